The Morgan fingerprint density at radius 2 is 1.96 bits per heavy atom. The van der Waals surface area contributed by atoms with Crippen molar-refractivity contribution in [2.24, 2.45) is 0 Å². The Labute approximate surface area is 152 Å². The molecule has 0 atom stereocenters. The number of anilines is 1. The average Bonchev–Trinajstić information content (AvgIpc) is 2.62. The number of carbonyl (C=O) groups excluding carboxylic acids is 1. The Kier molecular flexibility index (Phi) is 5.20. The van der Waals surface area contributed by atoms with Crippen molar-refractivity contribution in [1.29, 1.82) is 0 Å². The van der Waals surface area contributed by atoms with Crippen LogP contribution in [0.1, 0.15) is 10.4 Å². The minimum Gasteiger partial charge on any atom is -0.481 e. The zero-order valence-corrected chi connectivity index (χ0v) is 14.7. The lowest BCUT2D eigenvalue weighted by atomic mass is 10.2. The highest BCUT2D eigenvalue weighted by Crippen LogP contribution is 2.23. The van der Waals surface area contributed by atoms with Gasteiger partial charge in [0.2, 0.25) is 11.8 Å². The summed E-state index contributed by atoms with van der Waals surface area (Å²) in [5.41, 5.74) is 0.374. The normalized spacial score (nSPS) is 10.2. The summed E-state index contributed by atoms with van der Waals surface area (Å²) >= 11 is 3.38. The SMILES string of the molecule is COc1cc(NC(=O)c2ccc(Oc3cccc(Br)c3)nc2)ncn1. The Morgan fingerprint density at radius 3 is 2.68 bits per heavy atom. The Hall–Kier alpha value is -3.00. The van der Waals surface area contributed by atoms with Gasteiger partial charge in [0.05, 0.1) is 12.7 Å². The number of ether oxygens (including phenoxy) is 2. The summed E-state index contributed by atoms with van der Waals surface area (Å²) in [6, 6.07) is 12.2. The Bertz CT molecular complexity index is 887. The van der Waals surface area contributed by atoms with Gasteiger partial charge in [-0.15, -0.1) is 0 Å². The number of benzene rings is 1. The van der Waals surface area contributed by atoms with Crippen molar-refractivity contribution >= 4 is 27.7 Å². The van der Waals surface area contributed by atoms with Gasteiger partial charge >= 0.3 is 0 Å². The first-order chi connectivity index (χ1) is 12.1. The van der Waals surface area contributed by atoms with Crippen LogP contribution in [0.5, 0.6) is 17.5 Å². The maximum Gasteiger partial charge on any atom is 0.258 e. The van der Waals surface area contributed by atoms with Gasteiger partial charge < -0.3 is 14.8 Å². The lowest BCUT2D eigenvalue weighted by Gasteiger charge is -2.07. The standard InChI is InChI=1S/C17H13BrN4O3/c1-24-16-8-14(20-10-21-16)22-17(23)11-5-6-15(19-9-11)25-13-4-2-3-12(18)7-13/h2-10H,1H3,(H,20,21,22,23). The van der Waals surface area contributed by atoms with Crippen molar-refractivity contribution in [2.75, 3.05) is 12.4 Å². The molecule has 0 radical (unpaired) electrons. The van der Waals surface area contributed by atoms with Gasteiger partial charge in [0, 0.05) is 22.8 Å². The number of carbonyl (C=O) groups is 1. The van der Waals surface area contributed by atoms with E-state index in [1.54, 1.807) is 12.1 Å². The van der Waals surface area contributed by atoms with Crippen molar-refractivity contribution in [3.05, 3.63) is 65.0 Å². The molecule has 3 aromatic rings. The van der Waals surface area contributed by atoms with E-state index in [2.05, 4.69) is 36.2 Å². The zero-order chi connectivity index (χ0) is 17.6. The molecule has 1 aromatic carbocycles. The fourth-order valence-corrected chi connectivity index (χ4v) is 2.31. The fourth-order valence-electron chi connectivity index (χ4n) is 1.93. The average molecular weight is 401 g/mol. The molecule has 0 bridgehead atoms. The second-order valence-electron chi connectivity index (χ2n) is 4.84. The Balaban J connectivity index is 1.67. The first-order valence-corrected chi connectivity index (χ1v) is 8.00. The second-order valence-corrected chi connectivity index (χ2v) is 5.76. The largest absolute Gasteiger partial charge is 0.481 e. The number of halogens is 1. The Morgan fingerprint density at radius 1 is 1.08 bits per heavy atom. The third-order valence-corrected chi connectivity index (χ3v) is 3.60. The minimum absolute atomic E-state index is 0.339. The lowest BCUT2D eigenvalue weighted by Crippen LogP contribution is -2.13. The molecular weight excluding hydrogens is 388 g/mol. The predicted molar refractivity (Wildman–Crippen MR) is 95.0 cm³/mol. The molecular formula is C17H13BrN4O3. The summed E-state index contributed by atoms with van der Waals surface area (Å²) in [6.45, 7) is 0. The molecule has 1 N–H and O–H groups in total. The third kappa shape index (κ3) is 4.51. The predicted octanol–water partition coefficient (Wildman–Crippen LogP) is 3.69. The molecule has 126 valence electrons. The number of methoxy groups -OCH3 is 1. The maximum absolute atomic E-state index is 12.2. The molecule has 0 aliphatic carbocycles. The van der Waals surface area contributed by atoms with Crippen LogP contribution in [0.2, 0.25) is 0 Å². The van der Waals surface area contributed by atoms with E-state index in [0.717, 1.165) is 4.47 Å². The van der Waals surface area contributed by atoms with Crippen LogP contribution in [0.25, 0.3) is 0 Å². The highest BCUT2D eigenvalue weighted by molar-refractivity contribution is 9.10. The lowest BCUT2D eigenvalue weighted by molar-refractivity contribution is 0.102. The zero-order valence-electron chi connectivity index (χ0n) is 13.1. The summed E-state index contributed by atoms with van der Waals surface area (Å²) in [5, 5.41) is 2.65. The molecule has 7 nitrogen and oxygen atoms in total. The van der Waals surface area contributed by atoms with E-state index in [0.29, 0.717) is 28.9 Å². The van der Waals surface area contributed by atoms with Crippen LogP contribution < -0.4 is 14.8 Å². The molecule has 0 saturated carbocycles. The number of amides is 1. The van der Waals surface area contributed by atoms with E-state index in [-0.39, 0.29) is 5.91 Å². The highest BCUT2D eigenvalue weighted by Gasteiger charge is 2.09. The van der Waals surface area contributed by atoms with Crippen LogP contribution in [0.4, 0.5) is 5.82 Å². The highest BCUT2D eigenvalue weighted by atomic mass is 79.9. The number of rotatable bonds is 5. The topological polar surface area (TPSA) is 86.2 Å². The van der Waals surface area contributed by atoms with Crippen LogP contribution in [0.15, 0.2) is 59.5 Å². The molecule has 0 aliphatic heterocycles. The molecule has 1 amide bonds. The van der Waals surface area contributed by atoms with Crippen molar-refractivity contribution in [3.8, 4) is 17.5 Å². The van der Waals surface area contributed by atoms with Gasteiger partial charge in [-0.3, -0.25) is 4.79 Å². The molecule has 0 fully saturated rings. The molecule has 25 heavy (non-hydrogen) atoms. The molecule has 0 unspecified atom stereocenters. The van der Waals surface area contributed by atoms with E-state index in [9.17, 15) is 4.79 Å². The van der Waals surface area contributed by atoms with Gasteiger partial charge in [-0.05, 0) is 24.3 Å². The first-order valence-electron chi connectivity index (χ1n) is 7.21. The molecule has 0 aliphatic rings. The summed E-state index contributed by atoms with van der Waals surface area (Å²) in [7, 11) is 1.49. The minimum atomic E-state index is -0.345. The van der Waals surface area contributed by atoms with Crippen molar-refractivity contribution < 1.29 is 14.3 Å². The van der Waals surface area contributed by atoms with Crippen molar-refractivity contribution in [2.45, 2.75) is 0 Å². The fraction of sp³-hybridized carbons (Fsp3) is 0.0588. The van der Waals surface area contributed by atoms with E-state index in [1.165, 1.54) is 25.7 Å². The van der Waals surface area contributed by atoms with Gasteiger partial charge in [-0.1, -0.05) is 22.0 Å². The number of nitrogens with one attached hydrogen (secondary N) is 1. The summed E-state index contributed by atoms with van der Waals surface area (Å²) < 4.78 is 11.5. The van der Waals surface area contributed by atoms with E-state index in [1.807, 2.05) is 24.3 Å². The number of aromatic nitrogens is 3. The van der Waals surface area contributed by atoms with E-state index < -0.39 is 0 Å². The second kappa shape index (κ2) is 7.71. The van der Waals surface area contributed by atoms with Crippen molar-refractivity contribution in [1.82, 2.24) is 15.0 Å². The summed E-state index contributed by atoms with van der Waals surface area (Å²) in [4.78, 5) is 24.2. The van der Waals surface area contributed by atoms with Crippen molar-refractivity contribution in [3.63, 3.8) is 0 Å². The molecule has 0 saturated heterocycles. The van der Waals surface area contributed by atoms with Crippen LogP contribution >= 0.6 is 15.9 Å². The van der Waals surface area contributed by atoms with Crippen LogP contribution in [-0.4, -0.2) is 28.0 Å². The number of nitrogens with zero attached hydrogens (tertiary/aromatic N) is 3. The van der Waals surface area contributed by atoms with Gasteiger partial charge in [-0.25, -0.2) is 15.0 Å². The van der Waals surface area contributed by atoms with Gasteiger partial charge in [0.25, 0.3) is 5.91 Å². The number of hydrogen-bond acceptors (Lipinski definition) is 6. The van der Waals surface area contributed by atoms with E-state index in [4.69, 9.17) is 9.47 Å². The molecule has 2 heterocycles. The number of hydrogen-bond donors (Lipinski definition) is 1. The van der Waals surface area contributed by atoms with Crippen LogP contribution in [0, 0.1) is 0 Å². The maximum atomic E-state index is 12.2. The van der Waals surface area contributed by atoms with Gasteiger partial charge in [0.15, 0.2) is 0 Å². The smallest absolute Gasteiger partial charge is 0.258 e. The quantitative estimate of drug-likeness (QED) is 0.702. The number of pyridine rings is 1. The molecule has 2 aromatic heterocycles. The van der Waals surface area contributed by atoms with Gasteiger partial charge in [0.1, 0.15) is 17.9 Å². The first kappa shape index (κ1) is 16.8. The summed E-state index contributed by atoms with van der Waals surface area (Å²) in [6.07, 6.45) is 2.74. The monoisotopic (exact) mass is 400 g/mol. The van der Waals surface area contributed by atoms with Crippen LogP contribution in [-0.2, 0) is 0 Å². The molecule has 8 heteroatoms. The molecule has 3 rings (SSSR count). The van der Waals surface area contributed by atoms with Gasteiger partial charge in [-0.2, -0.15) is 0 Å². The summed E-state index contributed by atoms with van der Waals surface area (Å²) in [5.74, 6) is 1.39. The van der Waals surface area contributed by atoms with Crippen LogP contribution in [0.3, 0.4) is 0 Å². The third-order valence-electron chi connectivity index (χ3n) is 3.11. The van der Waals surface area contributed by atoms with E-state index >= 15 is 0 Å². The molecule has 0 spiro atoms.